The van der Waals surface area contributed by atoms with Crippen LogP contribution in [-0.2, 0) is 0 Å². The first-order chi connectivity index (χ1) is 9.11. The van der Waals surface area contributed by atoms with E-state index in [-0.39, 0.29) is 11.3 Å². The summed E-state index contributed by atoms with van der Waals surface area (Å²) in [6, 6.07) is 10.4. The van der Waals surface area contributed by atoms with Gasteiger partial charge in [-0.15, -0.1) is 0 Å². The van der Waals surface area contributed by atoms with Crippen LogP contribution >= 0.6 is 0 Å². The molecule has 0 aromatic heterocycles. The molecular weight excluding hydrogens is 246 g/mol. The van der Waals surface area contributed by atoms with Crippen molar-refractivity contribution < 1.29 is 19.8 Å². The molecule has 5 nitrogen and oxygen atoms in total. The van der Waals surface area contributed by atoms with E-state index < -0.39 is 11.7 Å². The van der Waals surface area contributed by atoms with Crippen LogP contribution in [0.4, 0.5) is 5.69 Å². The number of para-hydroxylation sites is 1. The Morgan fingerprint density at radius 1 is 1.05 bits per heavy atom. The molecule has 0 bridgehead atoms. The van der Waals surface area contributed by atoms with Crippen LogP contribution in [0.2, 0.25) is 0 Å². The number of aromatic hydroxyl groups is 2. The number of anilines is 1. The number of carbonyl (C=O) groups excluding carboxylic acids is 2. The smallest absolute Gasteiger partial charge is 0.259 e. The highest BCUT2D eigenvalue weighted by atomic mass is 16.3. The van der Waals surface area contributed by atoms with E-state index in [1.165, 1.54) is 18.2 Å². The minimum Gasteiger partial charge on any atom is -0.504 e. The number of hydrogen-bond donors (Lipinski definition) is 3. The molecule has 2 aromatic rings. The van der Waals surface area contributed by atoms with Crippen molar-refractivity contribution in [2.45, 2.75) is 0 Å². The van der Waals surface area contributed by atoms with Gasteiger partial charge in [0.05, 0.1) is 5.56 Å². The summed E-state index contributed by atoms with van der Waals surface area (Å²) in [5, 5.41) is 21.4. The zero-order valence-electron chi connectivity index (χ0n) is 9.83. The lowest BCUT2D eigenvalue weighted by molar-refractivity contribution is 0.102. The number of hydrogen-bond acceptors (Lipinski definition) is 4. The molecule has 1 amide bonds. The molecule has 0 heterocycles. The van der Waals surface area contributed by atoms with Crippen LogP contribution in [0.1, 0.15) is 20.7 Å². The molecule has 0 aliphatic heterocycles. The second-order valence-corrected chi connectivity index (χ2v) is 3.87. The van der Waals surface area contributed by atoms with Crippen LogP contribution in [0.3, 0.4) is 0 Å². The number of aldehydes is 1. The molecular formula is C14H11NO4. The fourth-order valence-electron chi connectivity index (χ4n) is 1.56. The van der Waals surface area contributed by atoms with E-state index in [4.69, 9.17) is 0 Å². The van der Waals surface area contributed by atoms with E-state index in [2.05, 4.69) is 5.32 Å². The summed E-state index contributed by atoms with van der Waals surface area (Å²) in [6.45, 7) is 0. The first-order valence-corrected chi connectivity index (χ1v) is 5.49. The maximum atomic E-state index is 11.9. The Bertz CT molecular complexity index is 620. The number of benzene rings is 2. The van der Waals surface area contributed by atoms with Gasteiger partial charge >= 0.3 is 0 Å². The van der Waals surface area contributed by atoms with Crippen LogP contribution in [-0.4, -0.2) is 22.4 Å². The Kier molecular flexibility index (Phi) is 3.47. The zero-order chi connectivity index (χ0) is 13.8. The van der Waals surface area contributed by atoms with E-state index in [0.717, 1.165) is 0 Å². The van der Waals surface area contributed by atoms with Gasteiger partial charge in [-0.25, -0.2) is 0 Å². The van der Waals surface area contributed by atoms with Gasteiger partial charge in [-0.1, -0.05) is 6.07 Å². The van der Waals surface area contributed by atoms with Gasteiger partial charge < -0.3 is 15.5 Å². The van der Waals surface area contributed by atoms with Gasteiger partial charge in [0, 0.05) is 11.3 Å². The van der Waals surface area contributed by atoms with E-state index in [1.54, 1.807) is 24.3 Å². The van der Waals surface area contributed by atoms with Gasteiger partial charge in [0.15, 0.2) is 11.5 Å². The van der Waals surface area contributed by atoms with Crippen molar-refractivity contribution in [2.75, 3.05) is 5.32 Å². The molecule has 0 radical (unpaired) electrons. The highest BCUT2D eigenvalue weighted by Crippen LogP contribution is 2.28. The van der Waals surface area contributed by atoms with Crippen molar-refractivity contribution in [3.8, 4) is 11.5 Å². The Balaban J connectivity index is 2.20. The van der Waals surface area contributed by atoms with Crippen molar-refractivity contribution in [1.82, 2.24) is 0 Å². The Morgan fingerprint density at radius 2 is 1.74 bits per heavy atom. The van der Waals surface area contributed by atoms with Gasteiger partial charge in [-0.05, 0) is 36.4 Å². The van der Waals surface area contributed by atoms with E-state index in [0.29, 0.717) is 17.5 Å². The van der Waals surface area contributed by atoms with E-state index in [9.17, 15) is 19.8 Å². The van der Waals surface area contributed by atoms with Crippen molar-refractivity contribution in [2.24, 2.45) is 0 Å². The van der Waals surface area contributed by atoms with E-state index in [1.807, 2.05) is 0 Å². The molecule has 19 heavy (non-hydrogen) atoms. The standard InChI is InChI=1S/C14H11NO4/c16-8-9-4-6-10(7-5-9)15-14(19)11-2-1-3-12(17)13(11)18/h1-8,17-18H,(H,15,19). The zero-order valence-corrected chi connectivity index (χ0v) is 9.83. The lowest BCUT2D eigenvalue weighted by Gasteiger charge is -2.07. The third-order valence-corrected chi connectivity index (χ3v) is 2.56. The highest BCUT2D eigenvalue weighted by Gasteiger charge is 2.13. The van der Waals surface area contributed by atoms with Crippen molar-refractivity contribution in [1.29, 1.82) is 0 Å². The first kappa shape index (κ1) is 12.6. The molecule has 96 valence electrons. The number of rotatable bonds is 3. The second kappa shape index (κ2) is 5.22. The van der Waals surface area contributed by atoms with Crippen molar-refractivity contribution in [3.63, 3.8) is 0 Å². The molecule has 2 aromatic carbocycles. The summed E-state index contributed by atoms with van der Waals surface area (Å²) in [6.07, 6.45) is 0.701. The predicted molar refractivity (Wildman–Crippen MR) is 69.6 cm³/mol. The lowest BCUT2D eigenvalue weighted by atomic mass is 10.1. The third kappa shape index (κ3) is 2.71. The van der Waals surface area contributed by atoms with Crippen LogP contribution in [0.5, 0.6) is 11.5 Å². The molecule has 0 aliphatic carbocycles. The quantitative estimate of drug-likeness (QED) is 0.581. The monoisotopic (exact) mass is 257 g/mol. The summed E-state index contributed by atoms with van der Waals surface area (Å²) in [5.41, 5.74) is 0.955. The number of carbonyl (C=O) groups is 2. The minimum atomic E-state index is -0.549. The highest BCUT2D eigenvalue weighted by molar-refractivity contribution is 6.06. The number of amides is 1. The van der Waals surface area contributed by atoms with Crippen molar-refractivity contribution in [3.05, 3.63) is 53.6 Å². The molecule has 0 fully saturated rings. The van der Waals surface area contributed by atoms with Crippen LogP contribution in [0, 0.1) is 0 Å². The van der Waals surface area contributed by atoms with Crippen molar-refractivity contribution >= 4 is 17.9 Å². The van der Waals surface area contributed by atoms with Gasteiger partial charge in [-0.3, -0.25) is 9.59 Å². The average Bonchev–Trinajstić information content (AvgIpc) is 2.42. The molecule has 2 rings (SSSR count). The van der Waals surface area contributed by atoms with Gasteiger partial charge in [-0.2, -0.15) is 0 Å². The fraction of sp³-hybridized carbons (Fsp3) is 0. The average molecular weight is 257 g/mol. The summed E-state index contributed by atoms with van der Waals surface area (Å²) in [5.74, 6) is -1.37. The Hall–Kier alpha value is -2.82. The summed E-state index contributed by atoms with van der Waals surface area (Å²) in [4.78, 5) is 22.4. The molecule has 0 aliphatic rings. The minimum absolute atomic E-state index is 0.0283. The van der Waals surface area contributed by atoms with E-state index >= 15 is 0 Å². The normalized spacial score (nSPS) is 9.89. The molecule has 0 spiro atoms. The lowest BCUT2D eigenvalue weighted by Crippen LogP contribution is -2.12. The molecule has 0 unspecified atom stereocenters. The largest absolute Gasteiger partial charge is 0.504 e. The van der Waals surface area contributed by atoms with Gasteiger partial charge in [0.1, 0.15) is 6.29 Å². The maximum Gasteiger partial charge on any atom is 0.259 e. The molecule has 5 heteroatoms. The van der Waals surface area contributed by atoms with Crippen LogP contribution < -0.4 is 5.32 Å². The first-order valence-electron chi connectivity index (χ1n) is 5.49. The van der Waals surface area contributed by atoms with Crippen LogP contribution in [0.25, 0.3) is 0 Å². The molecule has 3 N–H and O–H groups in total. The summed E-state index contributed by atoms with van der Waals surface area (Å²) < 4.78 is 0. The third-order valence-electron chi connectivity index (χ3n) is 2.56. The fourth-order valence-corrected chi connectivity index (χ4v) is 1.56. The maximum absolute atomic E-state index is 11.9. The van der Waals surface area contributed by atoms with Crippen LogP contribution in [0.15, 0.2) is 42.5 Å². The summed E-state index contributed by atoms with van der Waals surface area (Å²) >= 11 is 0. The molecule has 0 saturated heterocycles. The number of nitrogens with one attached hydrogen (secondary N) is 1. The topological polar surface area (TPSA) is 86.6 Å². The van der Waals surface area contributed by atoms with Gasteiger partial charge in [0.25, 0.3) is 5.91 Å². The predicted octanol–water partition coefficient (Wildman–Crippen LogP) is 2.16. The molecule has 0 saturated carbocycles. The Morgan fingerprint density at radius 3 is 2.37 bits per heavy atom. The van der Waals surface area contributed by atoms with Gasteiger partial charge in [0.2, 0.25) is 0 Å². The SMILES string of the molecule is O=Cc1ccc(NC(=O)c2cccc(O)c2O)cc1. The summed E-state index contributed by atoms with van der Waals surface area (Å²) in [7, 11) is 0. The number of phenols is 2. The second-order valence-electron chi connectivity index (χ2n) is 3.87. The molecule has 0 atom stereocenters. The Labute approximate surface area is 109 Å². The number of phenolic OH excluding ortho intramolecular Hbond substituents is 2.